The SMILES string of the molecule is COc1cc2c(cc1-c1ccncc1)c1ccnc(C)c1n2C. The Labute approximate surface area is 134 Å². The molecule has 0 saturated carbocycles. The van der Waals surface area contributed by atoms with Gasteiger partial charge in [0, 0.05) is 48.0 Å². The van der Waals surface area contributed by atoms with Crippen molar-refractivity contribution >= 4 is 21.8 Å². The average Bonchev–Trinajstić information content (AvgIpc) is 2.88. The Bertz CT molecular complexity index is 1020. The number of pyridine rings is 2. The zero-order valence-electron chi connectivity index (χ0n) is 13.4. The molecular weight excluding hydrogens is 286 g/mol. The van der Waals surface area contributed by atoms with Crippen LogP contribution < -0.4 is 4.74 Å². The number of hydrogen-bond acceptors (Lipinski definition) is 3. The zero-order valence-corrected chi connectivity index (χ0v) is 13.4. The zero-order chi connectivity index (χ0) is 16.0. The molecule has 1 aromatic carbocycles. The van der Waals surface area contributed by atoms with Crippen LogP contribution in [0.5, 0.6) is 5.75 Å². The standard InChI is InChI=1S/C19H17N3O/c1-12-19-14(6-9-21-12)16-10-15(13-4-7-20-8-5-13)18(23-3)11-17(16)22(19)2/h4-11H,1-3H3. The number of benzene rings is 1. The Morgan fingerprint density at radius 3 is 2.52 bits per heavy atom. The molecule has 0 aliphatic heterocycles. The molecule has 0 unspecified atom stereocenters. The summed E-state index contributed by atoms with van der Waals surface area (Å²) >= 11 is 0. The maximum absolute atomic E-state index is 5.64. The molecule has 3 aromatic heterocycles. The third-order valence-corrected chi connectivity index (χ3v) is 4.40. The summed E-state index contributed by atoms with van der Waals surface area (Å²) in [6.07, 6.45) is 5.47. The summed E-state index contributed by atoms with van der Waals surface area (Å²) in [6, 6.07) is 10.4. The molecule has 0 fully saturated rings. The number of methoxy groups -OCH3 is 1. The fraction of sp³-hybridized carbons (Fsp3) is 0.158. The van der Waals surface area contributed by atoms with E-state index in [1.165, 1.54) is 10.8 Å². The van der Waals surface area contributed by atoms with Crippen LogP contribution in [0.25, 0.3) is 32.9 Å². The van der Waals surface area contributed by atoms with Crippen LogP contribution in [-0.4, -0.2) is 21.6 Å². The molecule has 0 N–H and O–H groups in total. The van der Waals surface area contributed by atoms with Gasteiger partial charge in [-0.15, -0.1) is 0 Å². The molecule has 0 spiro atoms. The van der Waals surface area contributed by atoms with Gasteiger partial charge >= 0.3 is 0 Å². The molecule has 114 valence electrons. The second-order valence-corrected chi connectivity index (χ2v) is 5.66. The van der Waals surface area contributed by atoms with E-state index in [9.17, 15) is 0 Å². The van der Waals surface area contributed by atoms with Crippen LogP contribution in [0.15, 0.2) is 48.9 Å². The molecule has 4 rings (SSSR count). The fourth-order valence-corrected chi connectivity index (χ4v) is 3.31. The Morgan fingerprint density at radius 2 is 1.78 bits per heavy atom. The molecule has 4 nitrogen and oxygen atoms in total. The summed E-state index contributed by atoms with van der Waals surface area (Å²) in [5, 5.41) is 2.42. The Balaban J connectivity index is 2.14. The predicted octanol–water partition coefficient (Wildman–Crippen LogP) is 4.11. The number of rotatable bonds is 2. The number of ether oxygens (including phenoxy) is 1. The van der Waals surface area contributed by atoms with Gasteiger partial charge in [-0.2, -0.15) is 0 Å². The molecule has 3 heterocycles. The molecule has 0 aliphatic carbocycles. The van der Waals surface area contributed by atoms with E-state index in [0.717, 1.165) is 33.6 Å². The van der Waals surface area contributed by atoms with Gasteiger partial charge in [-0.25, -0.2) is 0 Å². The topological polar surface area (TPSA) is 39.9 Å². The number of nitrogens with zero attached hydrogens (tertiary/aromatic N) is 3. The number of aromatic nitrogens is 3. The Hall–Kier alpha value is -2.88. The third kappa shape index (κ3) is 1.99. The van der Waals surface area contributed by atoms with Crippen molar-refractivity contribution in [2.24, 2.45) is 7.05 Å². The highest BCUT2D eigenvalue weighted by atomic mass is 16.5. The van der Waals surface area contributed by atoms with Crippen LogP contribution in [0.1, 0.15) is 5.69 Å². The van der Waals surface area contributed by atoms with Gasteiger partial charge in [-0.3, -0.25) is 9.97 Å². The highest BCUT2D eigenvalue weighted by Gasteiger charge is 2.15. The first kappa shape index (κ1) is 13.8. The van der Waals surface area contributed by atoms with Crippen molar-refractivity contribution in [2.45, 2.75) is 6.92 Å². The molecule has 0 bridgehead atoms. The largest absolute Gasteiger partial charge is 0.496 e. The molecule has 0 atom stereocenters. The van der Waals surface area contributed by atoms with Gasteiger partial charge in [0.25, 0.3) is 0 Å². The van der Waals surface area contributed by atoms with E-state index < -0.39 is 0 Å². The van der Waals surface area contributed by atoms with Gasteiger partial charge in [0.15, 0.2) is 0 Å². The molecule has 0 saturated heterocycles. The second kappa shape index (κ2) is 5.09. The van der Waals surface area contributed by atoms with Crippen LogP contribution in [0.4, 0.5) is 0 Å². The average molecular weight is 303 g/mol. The quantitative estimate of drug-likeness (QED) is 0.559. The van der Waals surface area contributed by atoms with Gasteiger partial charge in [0.05, 0.1) is 23.8 Å². The van der Waals surface area contributed by atoms with Gasteiger partial charge in [0.1, 0.15) is 5.75 Å². The molecule has 23 heavy (non-hydrogen) atoms. The van der Waals surface area contributed by atoms with Crippen LogP contribution in [-0.2, 0) is 7.05 Å². The number of hydrogen-bond donors (Lipinski definition) is 0. The van der Waals surface area contributed by atoms with Crippen molar-refractivity contribution in [3.8, 4) is 16.9 Å². The van der Waals surface area contributed by atoms with E-state index in [1.807, 2.05) is 25.3 Å². The first-order valence-electron chi connectivity index (χ1n) is 7.53. The second-order valence-electron chi connectivity index (χ2n) is 5.66. The lowest BCUT2D eigenvalue weighted by molar-refractivity contribution is 0.417. The monoisotopic (exact) mass is 303 g/mol. The molecule has 0 amide bonds. The minimum atomic E-state index is 0.861. The number of aryl methyl sites for hydroxylation is 2. The van der Waals surface area contributed by atoms with E-state index in [1.54, 1.807) is 19.5 Å². The van der Waals surface area contributed by atoms with E-state index in [4.69, 9.17) is 4.74 Å². The molecule has 4 aromatic rings. The summed E-state index contributed by atoms with van der Waals surface area (Å²) in [6.45, 7) is 2.04. The van der Waals surface area contributed by atoms with Gasteiger partial charge in [-0.05, 0) is 36.8 Å². The Kier molecular flexibility index (Phi) is 3.05. The van der Waals surface area contributed by atoms with E-state index in [2.05, 4.69) is 39.8 Å². The summed E-state index contributed by atoms with van der Waals surface area (Å²) in [4.78, 5) is 8.53. The van der Waals surface area contributed by atoms with Crippen LogP contribution in [0, 0.1) is 6.92 Å². The minimum absolute atomic E-state index is 0.861. The fourth-order valence-electron chi connectivity index (χ4n) is 3.31. The van der Waals surface area contributed by atoms with Gasteiger partial charge < -0.3 is 9.30 Å². The highest BCUT2D eigenvalue weighted by molar-refractivity contribution is 6.10. The summed E-state index contributed by atoms with van der Waals surface area (Å²) in [5.74, 6) is 0.861. The van der Waals surface area contributed by atoms with Crippen LogP contribution in [0.3, 0.4) is 0 Å². The Morgan fingerprint density at radius 1 is 1.00 bits per heavy atom. The molecule has 4 heteroatoms. The first-order chi connectivity index (χ1) is 11.2. The van der Waals surface area contributed by atoms with E-state index >= 15 is 0 Å². The molecule has 0 aliphatic rings. The lowest BCUT2D eigenvalue weighted by Gasteiger charge is -2.10. The maximum atomic E-state index is 5.64. The van der Waals surface area contributed by atoms with Crippen LogP contribution >= 0.6 is 0 Å². The molecular formula is C19H17N3O. The van der Waals surface area contributed by atoms with Crippen molar-refractivity contribution < 1.29 is 4.74 Å². The first-order valence-corrected chi connectivity index (χ1v) is 7.53. The van der Waals surface area contributed by atoms with Crippen molar-refractivity contribution in [1.82, 2.24) is 14.5 Å². The van der Waals surface area contributed by atoms with E-state index in [0.29, 0.717) is 0 Å². The van der Waals surface area contributed by atoms with Gasteiger partial charge in [-0.1, -0.05) is 0 Å². The third-order valence-electron chi connectivity index (χ3n) is 4.40. The van der Waals surface area contributed by atoms with Crippen molar-refractivity contribution in [1.29, 1.82) is 0 Å². The smallest absolute Gasteiger partial charge is 0.128 e. The van der Waals surface area contributed by atoms with E-state index in [-0.39, 0.29) is 0 Å². The lowest BCUT2D eigenvalue weighted by atomic mass is 10.0. The minimum Gasteiger partial charge on any atom is -0.496 e. The summed E-state index contributed by atoms with van der Waals surface area (Å²) in [5.41, 5.74) is 5.51. The maximum Gasteiger partial charge on any atom is 0.128 e. The summed E-state index contributed by atoms with van der Waals surface area (Å²) < 4.78 is 7.83. The van der Waals surface area contributed by atoms with Crippen molar-refractivity contribution in [2.75, 3.05) is 7.11 Å². The van der Waals surface area contributed by atoms with Crippen molar-refractivity contribution in [3.05, 3.63) is 54.6 Å². The lowest BCUT2D eigenvalue weighted by Crippen LogP contribution is -1.92. The van der Waals surface area contributed by atoms with Gasteiger partial charge in [0.2, 0.25) is 0 Å². The predicted molar refractivity (Wildman–Crippen MR) is 92.7 cm³/mol. The highest BCUT2D eigenvalue weighted by Crippen LogP contribution is 2.38. The van der Waals surface area contributed by atoms with Crippen LogP contribution in [0.2, 0.25) is 0 Å². The van der Waals surface area contributed by atoms with Crippen molar-refractivity contribution in [3.63, 3.8) is 0 Å². The number of fused-ring (bicyclic) bond motifs is 3. The normalized spacial score (nSPS) is 11.3. The summed E-state index contributed by atoms with van der Waals surface area (Å²) in [7, 11) is 3.78. The molecule has 0 radical (unpaired) electrons.